The van der Waals surface area contributed by atoms with Gasteiger partial charge in [-0.2, -0.15) is 0 Å². The van der Waals surface area contributed by atoms with E-state index >= 15 is 0 Å². The van der Waals surface area contributed by atoms with Crippen LogP contribution in [0.4, 0.5) is 10.5 Å². The van der Waals surface area contributed by atoms with Crippen LogP contribution in [0.15, 0.2) is 54.6 Å². The Morgan fingerprint density at radius 3 is 2.14 bits per heavy atom. The van der Waals surface area contributed by atoms with E-state index in [4.69, 9.17) is 0 Å². The van der Waals surface area contributed by atoms with E-state index in [1.807, 2.05) is 54.6 Å². The van der Waals surface area contributed by atoms with Gasteiger partial charge in [-0.05, 0) is 36.8 Å². The molecule has 29 heavy (non-hydrogen) atoms. The Morgan fingerprint density at radius 2 is 1.52 bits per heavy atom. The second-order valence-corrected chi connectivity index (χ2v) is 6.99. The fourth-order valence-corrected chi connectivity index (χ4v) is 3.23. The Hall–Kier alpha value is -3.35. The number of rotatable bonds is 6. The number of nitrogens with zero attached hydrogens (tertiary/aromatic N) is 2. The molecule has 2 N–H and O–H groups in total. The molecule has 152 valence electrons. The molecule has 0 aromatic heterocycles. The quantitative estimate of drug-likeness (QED) is 0.735. The number of benzene rings is 2. The van der Waals surface area contributed by atoms with E-state index in [-0.39, 0.29) is 24.3 Å². The van der Waals surface area contributed by atoms with Gasteiger partial charge in [0.15, 0.2) is 5.78 Å². The number of piperazine rings is 1. The van der Waals surface area contributed by atoms with Crippen molar-refractivity contribution < 1.29 is 14.4 Å². The molecule has 1 aliphatic rings. The fourth-order valence-electron chi connectivity index (χ4n) is 3.23. The molecule has 1 aliphatic heterocycles. The summed E-state index contributed by atoms with van der Waals surface area (Å²) in [6.07, 6.45) is 0. The Labute approximate surface area is 170 Å². The second kappa shape index (κ2) is 9.73. The van der Waals surface area contributed by atoms with E-state index < -0.39 is 0 Å². The first-order valence-electron chi connectivity index (χ1n) is 9.72. The first-order chi connectivity index (χ1) is 14.0. The van der Waals surface area contributed by atoms with Crippen LogP contribution in [0.2, 0.25) is 0 Å². The van der Waals surface area contributed by atoms with Gasteiger partial charge in [0.1, 0.15) is 0 Å². The van der Waals surface area contributed by atoms with Crippen LogP contribution < -0.4 is 15.5 Å². The van der Waals surface area contributed by atoms with Crippen LogP contribution in [0.5, 0.6) is 0 Å². The summed E-state index contributed by atoms with van der Waals surface area (Å²) in [6, 6.07) is 16.8. The number of ketones is 1. The van der Waals surface area contributed by atoms with Crippen LogP contribution in [0.3, 0.4) is 0 Å². The molecular formula is C22H26N4O3. The van der Waals surface area contributed by atoms with Crippen molar-refractivity contribution in [2.45, 2.75) is 13.5 Å². The van der Waals surface area contributed by atoms with Crippen LogP contribution in [0.25, 0.3) is 0 Å². The van der Waals surface area contributed by atoms with E-state index in [9.17, 15) is 14.4 Å². The predicted octanol–water partition coefficient (Wildman–Crippen LogP) is 2.04. The Morgan fingerprint density at radius 1 is 0.862 bits per heavy atom. The molecular weight excluding hydrogens is 368 g/mol. The highest BCUT2D eigenvalue weighted by Gasteiger charge is 2.21. The van der Waals surface area contributed by atoms with Crippen molar-refractivity contribution in [3.05, 3.63) is 65.7 Å². The summed E-state index contributed by atoms with van der Waals surface area (Å²) >= 11 is 0. The third kappa shape index (κ3) is 5.81. The largest absolute Gasteiger partial charge is 0.368 e. The third-order valence-electron chi connectivity index (χ3n) is 4.97. The summed E-state index contributed by atoms with van der Waals surface area (Å²) in [5.41, 5.74) is 2.74. The summed E-state index contributed by atoms with van der Waals surface area (Å²) < 4.78 is 0. The minimum atomic E-state index is -0.355. The number of hydrogen-bond acceptors (Lipinski definition) is 4. The molecule has 0 atom stereocenters. The summed E-state index contributed by atoms with van der Waals surface area (Å²) in [7, 11) is 0. The first kappa shape index (κ1) is 20.4. The minimum Gasteiger partial charge on any atom is -0.368 e. The predicted molar refractivity (Wildman–Crippen MR) is 112 cm³/mol. The van der Waals surface area contributed by atoms with Crippen molar-refractivity contribution in [2.24, 2.45) is 0 Å². The van der Waals surface area contributed by atoms with Crippen molar-refractivity contribution in [3.8, 4) is 0 Å². The zero-order valence-electron chi connectivity index (χ0n) is 16.6. The van der Waals surface area contributed by atoms with Gasteiger partial charge in [-0.15, -0.1) is 0 Å². The lowest BCUT2D eigenvalue weighted by molar-refractivity contribution is -0.130. The maximum atomic E-state index is 12.4. The van der Waals surface area contributed by atoms with Crippen LogP contribution in [0, 0.1) is 0 Å². The van der Waals surface area contributed by atoms with Gasteiger partial charge in [0.05, 0.1) is 6.54 Å². The molecule has 0 spiro atoms. The zero-order chi connectivity index (χ0) is 20.6. The highest BCUT2D eigenvalue weighted by atomic mass is 16.2. The summed E-state index contributed by atoms with van der Waals surface area (Å²) in [4.78, 5) is 39.6. The van der Waals surface area contributed by atoms with Gasteiger partial charge in [-0.1, -0.05) is 30.3 Å². The topological polar surface area (TPSA) is 81.8 Å². The molecule has 0 radical (unpaired) electrons. The lowest BCUT2D eigenvalue weighted by atomic mass is 10.1. The molecule has 0 bridgehead atoms. The Kier molecular flexibility index (Phi) is 6.84. The van der Waals surface area contributed by atoms with Gasteiger partial charge >= 0.3 is 6.03 Å². The van der Waals surface area contributed by atoms with Gasteiger partial charge in [0, 0.05) is 44.0 Å². The van der Waals surface area contributed by atoms with Crippen LogP contribution in [-0.4, -0.2) is 55.3 Å². The van der Waals surface area contributed by atoms with Gasteiger partial charge < -0.3 is 20.4 Å². The summed E-state index contributed by atoms with van der Waals surface area (Å²) in [5.74, 6) is -0.0429. The fraction of sp³-hybridized carbons (Fsp3) is 0.318. The number of nitrogens with one attached hydrogen (secondary N) is 2. The molecule has 3 rings (SSSR count). The molecule has 7 heteroatoms. The van der Waals surface area contributed by atoms with E-state index in [0.717, 1.165) is 11.3 Å². The number of carbonyl (C=O) groups excluding carboxylic acids is 3. The van der Waals surface area contributed by atoms with Crippen molar-refractivity contribution in [3.63, 3.8) is 0 Å². The maximum absolute atomic E-state index is 12.4. The molecule has 0 unspecified atom stereocenters. The van der Waals surface area contributed by atoms with Crippen molar-refractivity contribution in [1.82, 2.24) is 15.5 Å². The molecule has 1 saturated heterocycles. The van der Waals surface area contributed by atoms with Crippen LogP contribution in [-0.2, 0) is 11.3 Å². The minimum absolute atomic E-state index is 0.0199. The molecule has 2 aromatic carbocycles. The van der Waals surface area contributed by atoms with Crippen molar-refractivity contribution >= 4 is 23.4 Å². The van der Waals surface area contributed by atoms with Crippen molar-refractivity contribution in [1.29, 1.82) is 0 Å². The van der Waals surface area contributed by atoms with Crippen LogP contribution in [0.1, 0.15) is 22.8 Å². The molecule has 2 aromatic rings. The highest BCUT2D eigenvalue weighted by molar-refractivity contribution is 5.94. The van der Waals surface area contributed by atoms with Gasteiger partial charge in [-0.3, -0.25) is 9.59 Å². The van der Waals surface area contributed by atoms with E-state index in [0.29, 0.717) is 38.3 Å². The number of hydrogen-bond donors (Lipinski definition) is 2. The van der Waals surface area contributed by atoms with Gasteiger partial charge in [0.2, 0.25) is 5.91 Å². The number of anilines is 1. The lowest BCUT2D eigenvalue weighted by Crippen LogP contribution is -2.52. The summed E-state index contributed by atoms with van der Waals surface area (Å²) in [6.45, 7) is 4.57. The summed E-state index contributed by atoms with van der Waals surface area (Å²) in [5, 5.41) is 5.37. The standard InChI is InChI=1S/C22H26N4O3/c1-17(27)19-7-9-20(10-8-19)25-11-13-26(14-12-25)21(28)16-24-22(29)23-15-18-5-3-2-4-6-18/h2-10H,11-16H2,1H3,(H2,23,24,29). The van der Waals surface area contributed by atoms with E-state index in [1.165, 1.54) is 0 Å². The lowest BCUT2D eigenvalue weighted by Gasteiger charge is -2.36. The van der Waals surface area contributed by atoms with E-state index in [1.54, 1.807) is 11.8 Å². The molecule has 1 heterocycles. The Bertz CT molecular complexity index is 844. The molecule has 0 saturated carbocycles. The zero-order valence-corrected chi connectivity index (χ0v) is 16.6. The second-order valence-electron chi connectivity index (χ2n) is 6.99. The van der Waals surface area contributed by atoms with Crippen LogP contribution >= 0.6 is 0 Å². The first-order valence-corrected chi connectivity index (χ1v) is 9.72. The SMILES string of the molecule is CC(=O)c1ccc(N2CCN(C(=O)CNC(=O)NCc3ccccc3)CC2)cc1. The number of urea groups is 1. The molecule has 0 aliphatic carbocycles. The van der Waals surface area contributed by atoms with Gasteiger partial charge in [-0.25, -0.2) is 4.79 Å². The van der Waals surface area contributed by atoms with Crippen molar-refractivity contribution in [2.75, 3.05) is 37.6 Å². The molecule has 3 amide bonds. The van der Waals surface area contributed by atoms with E-state index in [2.05, 4.69) is 15.5 Å². The third-order valence-corrected chi connectivity index (χ3v) is 4.97. The highest BCUT2D eigenvalue weighted by Crippen LogP contribution is 2.17. The average Bonchev–Trinajstić information content (AvgIpc) is 2.77. The average molecular weight is 394 g/mol. The molecule has 7 nitrogen and oxygen atoms in total. The maximum Gasteiger partial charge on any atom is 0.315 e. The smallest absolute Gasteiger partial charge is 0.315 e. The number of carbonyl (C=O) groups is 3. The van der Waals surface area contributed by atoms with Gasteiger partial charge in [0.25, 0.3) is 0 Å². The normalized spacial score (nSPS) is 13.7. The molecule has 1 fully saturated rings. The Balaban J connectivity index is 1.39. The monoisotopic (exact) mass is 394 g/mol. The number of Topliss-reactive ketones (excluding diaryl/α,β-unsaturated/α-hetero) is 1. The number of amides is 3.